The molecule has 45 heavy (non-hydrogen) atoms. The molecule has 7 nitrogen and oxygen atoms in total. The van der Waals surface area contributed by atoms with Crippen molar-refractivity contribution in [3.8, 4) is 17.2 Å². The van der Waals surface area contributed by atoms with E-state index in [2.05, 4.69) is 10.3 Å². The van der Waals surface area contributed by atoms with E-state index in [0.717, 1.165) is 12.0 Å². The van der Waals surface area contributed by atoms with Crippen molar-refractivity contribution in [3.63, 3.8) is 0 Å². The first-order valence-corrected chi connectivity index (χ1v) is 14.1. The molecule has 1 fully saturated rings. The summed E-state index contributed by atoms with van der Waals surface area (Å²) in [7, 11) is 1.08. The number of pyridine rings is 1. The second kappa shape index (κ2) is 12.7. The highest BCUT2D eigenvalue weighted by Gasteiger charge is 2.46. The van der Waals surface area contributed by atoms with Crippen LogP contribution in [0, 0.1) is 23.0 Å². The molecule has 1 aliphatic heterocycles. The summed E-state index contributed by atoms with van der Waals surface area (Å²) in [4.78, 5) is 31.2. The van der Waals surface area contributed by atoms with Crippen LogP contribution < -0.4 is 10.2 Å². The lowest BCUT2D eigenvalue weighted by molar-refractivity contribution is -0.146. The highest BCUT2D eigenvalue weighted by atomic mass is 35.5. The summed E-state index contributed by atoms with van der Waals surface area (Å²) in [5, 5.41) is 12.4. The number of fused-ring (bicyclic) bond motifs is 1. The van der Waals surface area contributed by atoms with Gasteiger partial charge in [0.05, 0.1) is 24.3 Å². The third-order valence-electron chi connectivity index (χ3n) is 7.68. The number of halogens is 6. The van der Waals surface area contributed by atoms with Crippen molar-refractivity contribution in [3.05, 3.63) is 94.1 Å². The van der Waals surface area contributed by atoms with E-state index in [1.54, 1.807) is 42.6 Å². The molecule has 0 saturated carbocycles. The summed E-state index contributed by atoms with van der Waals surface area (Å²) < 4.78 is 75.4. The van der Waals surface area contributed by atoms with Crippen LogP contribution in [0.3, 0.4) is 0 Å². The Labute approximate surface area is 259 Å². The molecule has 0 unspecified atom stereocenters. The molecule has 2 heterocycles. The molecular formula is C32H24ClF5N4O3. The van der Waals surface area contributed by atoms with E-state index in [0.29, 0.717) is 50.3 Å². The lowest BCUT2D eigenvalue weighted by Gasteiger charge is -2.28. The molecule has 4 aromatic rings. The van der Waals surface area contributed by atoms with Gasteiger partial charge in [0.1, 0.15) is 29.3 Å². The quantitative estimate of drug-likeness (QED) is 0.177. The van der Waals surface area contributed by atoms with Crippen LogP contribution in [0.25, 0.3) is 22.0 Å². The molecule has 1 N–H and O–H groups in total. The zero-order chi connectivity index (χ0) is 32.5. The molecular weight excluding hydrogens is 619 g/mol. The van der Waals surface area contributed by atoms with Gasteiger partial charge in [0.25, 0.3) is 5.91 Å². The predicted molar refractivity (Wildman–Crippen MR) is 157 cm³/mol. The van der Waals surface area contributed by atoms with Crippen molar-refractivity contribution in [2.45, 2.75) is 37.5 Å². The molecule has 1 amide bonds. The van der Waals surface area contributed by atoms with Crippen molar-refractivity contribution in [2.24, 2.45) is 0 Å². The van der Waals surface area contributed by atoms with Gasteiger partial charge < -0.3 is 15.0 Å². The van der Waals surface area contributed by atoms with Crippen molar-refractivity contribution in [1.29, 1.82) is 5.26 Å². The third-order valence-corrected chi connectivity index (χ3v) is 7.99. The van der Waals surface area contributed by atoms with E-state index >= 15 is 8.78 Å². The highest BCUT2D eigenvalue weighted by Crippen LogP contribution is 2.37. The average molecular weight is 643 g/mol. The highest BCUT2D eigenvalue weighted by molar-refractivity contribution is 6.33. The molecule has 232 valence electrons. The van der Waals surface area contributed by atoms with Gasteiger partial charge in [0, 0.05) is 46.4 Å². The Morgan fingerprint density at radius 2 is 1.84 bits per heavy atom. The maximum atomic E-state index is 15.1. The predicted octanol–water partition coefficient (Wildman–Crippen LogP) is 6.75. The first kappa shape index (κ1) is 31.7. The number of amides is 1. The monoisotopic (exact) mass is 642 g/mol. The molecule has 1 aromatic heterocycles. The number of aromatic nitrogens is 1. The number of anilines is 1. The Kier molecular flexibility index (Phi) is 8.93. The topological polar surface area (TPSA) is 95.3 Å². The molecule has 2 atom stereocenters. The Balaban J connectivity index is 1.44. The molecule has 0 radical (unpaired) electrons. The number of benzene rings is 3. The number of nitrogens with zero attached hydrogens (tertiary/aromatic N) is 3. The van der Waals surface area contributed by atoms with Crippen LogP contribution in [0.15, 0.2) is 60.8 Å². The fourth-order valence-corrected chi connectivity index (χ4v) is 5.86. The van der Waals surface area contributed by atoms with E-state index in [1.807, 2.05) is 6.07 Å². The van der Waals surface area contributed by atoms with E-state index in [-0.39, 0.29) is 31.5 Å². The van der Waals surface area contributed by atoms with E-state index < -0.39 is 47.3 Å². The average Bonchev–Trinajstić information content (AvgIpc) is 3.51. The standard InChI is InChI=1S/C32H24ClF5N4O3/c1-45-31(44)26(41-30(43)28-24(34)14-19(15-25(28)35)42-11-3-5-27(42)32(36,37)38)13-18-7-9-22(29-20(18)4-2-10-40-29)21-8-6-17(16-39)12-23(21)33/h2,4,6-10,12,14-15,26-27H,3,5,11,13H2,1H3,(H,41,43)/t26-,27+/m0/s1. The number of esters is 1. The van der Waals surface area contributed by atoms with Gasteiger partial charge in [-0.25, -0.2) is 13.6 Å². The zero-order valence-corrected chi connectivity index (χ0v) is 24.3. The second-order valence-corrected chi connectivity index (χ2v) is 10.8. The molecule has 0 aliphatic carbocycles. The smallest absolute Gasteiger partial charge is 0.408 e. The van der Waals surface area contributed by atoms with Gasteiger partial charge >= 0.3 is 12.1 Å². The fourth-order valence-electron chi connectivity index (χ4n) is 5.57. The van der Waals surface area contributed by atoms with Gasteiger partial charge in [-0.2, -0.15) is 18.4 Å². The van der Waals surface area contributed by atoms with Crippen LogP contribution in [0.1, 0.15) is 34.3 Å². The number of nitrogens with one attached hydrogen (secondary N) is 1. The number of alkyl halides is 3. The molecule has 0 spiro atoms. The van der Waals surface area contributed by atoms with Crippen LogP contribution in [-0.2, 0) is 16.0 Å². The summed E-state index contributed by atoms with van der Waals surface area (Å²) >= 11 is 6.44. The van der Waals surface area contributed by atoms with E-state index in [4.69, 9.17) is 21.6 Å². The largest absolute Gasteiger partial charge is 0.467 e. The molecule has 13 heteroatoms. The molecule has 1 aliphatic rings. The second-order valence-electron chi connectivity index (χ2n) is 10.4. The first-order chi connectivity index (χ1) is 21.4. The maximum Gasteiger partial charge on any atom is 0.408 e. The van der Waals surface area contributed by atoms with Crippen LogP contribution in [0.2, 0.25) is 5.02 Å². The van der Waals surface area contributed by atoms with Crippen molar-refractivity contribution >= 4 is 40.1 Å². The van der Waals surface area contributed by atoms with Crippen LogP contribution in [0.4, 0.5) is 27.6 Å². The fraction of sp³-hybridized carbons (Fsp3) is 0.250. The van der Waals surface area contributed by atoms with Gasteiger partial charge in [-0.05, 0) is 48.7 Å². The molecule has 0 bridgehead atoms. The van der Waals surface area contributed by atoms with Gasteiger partial charge in [-0.1, -0.05) is 35.9 Å². The summed E-state index contributed by atoms with van der Waals surface area (Å²) in [6, 6.07) is 11.7. The number of nitriles is 1. The van der Waals surface area contributed by atoms with Crippen molar-refractivity contribution < 1.29 is 36.3 Å². The Morgan fingerprint density at radius 3 is 2.49 bits per heavy atom. The minimum Gasteiger partial charge on any atom is -0.467 e. The Bertz CT molecular complexity index is 1820. The third kappa shape index (κ3) is 6.40. The number of ether oxygens (including phenoxy) is 1. The summed E-state index contributed by atoms with van der Waals surface area (Å²) in [5.41, 5.74) is 1.26. The van der Waals surface area contributed by atoms with Gasteiger partial charge in [0.2, 0.25) is 0 Å². The van der Waals surface area contributed by atoms with Crippen molar-refractivity contribution in [2.75, 3.05) is 18.6 Å². The number of carbonyl (C=O) groups excluding carboxylic acids is 2. The van der Waals surface area contributed by atoms with Gasteiger partial charge in [-0.15, -0.1) is 0 Å². The minimum atomic E-state index is -4.60. The lowest BCUT2D eigenvalue weighted by atomic mass is 9.94. The lowest BCUT2D eigenvalue weighted by Crippen LogP contribution is -2.44. The first-order valence-electron chi connectivity index (χ1n) is 13.7. The number of hydrogen-bond donors (Lipinski definition) is 1. The van der Waals surface area contributed by atoms with Gasteiger partial charge in [-0.3, -0.25) is 9.78 Å². The Morgan fingerprint density at radius 1 is 1.13 bits per heavy atom. The van der Waals surface area contributed by atoms with Crippen molar-refractivity contribution in [1.82, 2.24) is 10.3 Å². The van der Waals surface area contributed by atoms with Crippen LogP contribution in [0.5, 0.6) is 0 Å². The van der Waals surface area contributed by atoms with Crippen LogP contribution in [-0.4, -0.2) is 48.8 Å². The number of rotatable bonds is 7. The normalized spacial score (nSPS) is 15.5. The zero-order valence-electron chi connectivity index (χ0n) is 23.6. The minimum absolute atomic E-state index is 0.0575. The van der Waals surface area contributed by atoms with E-state index in [9.17, 15) is 22.8 Å². The molecule has 3 aromatic carbocycles. The van der Waals surface area contributed by atoms with E-state index in [1.165, 1.54) is 6.07 Å². The number of methoxy groups -OCH3 is 1. The summed E-state index contributed by atoms with van der Waals surface area (Å²) in [6.07, 6.45) is -3.24. The van der Waals surface area contributed by atoms with Crippen LogP contribution >= 0.6 is 11.6 Å². The summed E-state index contributed by atoms with van der Waals surface area (Å²) in [6.45, 7) is -0.0575. The summed E-state index contributed by atoms with van der Waals surface area (Å²) in [5.74, 6) is -4.94. The SMILES string of the molecule is COC(=O)[C@H](Cc1ccc(-c2ccc(C#N)cc2Cl)c2ncccc12)NC(=O)c1c(F)cc(N2CCC[C@@H]2C(F)(F)F)cc1F. The molecule has 5 rings (SSSR count). The van der Waals surface area contributed by atoms with Gasteiger partial charge in [0.15, 0.2) is 0 Å². The Hall–Kier alpha value is -4.76. The molecule has 1 saturated heterocycles. The number of hydrogen-bond acceptors (Lipinski definition) is 6. The maximum absolute atomic E-state index is 15.1. The number of carbonyl (C=O) groups is 2.